The van der Waals surface area contributed by atoms with Crippen LogP contribution in [0.1, 0.15) is 76.4 Å². The SMILES string of the molecule is COc1c(NSC)cc(C(C)(C)C)cc1NC(=O)c1ccc(C)c(N(N)/C(N)=C(\N)CC(=O)NC(C)C(C)(C)C)c1. The number of nitrogens with two attached hydrogens (primary N) is 3. The average molecular weight is 586 g/mol. The Bertz CT molecular complexity index is 1300. The van der Waals surface area contributed by atoms with Crippen molar-refractivity contribution < 1.29 is 14.3 Å². The van der Waals surface area contributed by atoms with E-state index in [0.717, 1.165) is 16.8 Å². The van der Waals surface area contributed by atoms with Crippen molar-refractivity contribution in [1.82, 2.24) is 5.32 Å². The number of rotatable bonds is 10. The Balaban J connectivity index is 2.37. The van der Waals surface area contributed by atoms with E-state index in [1.165, 1.54) is 17.0 Å². The van der Waals surface area contributed by atoms with E-state index in [-0.39, 0.29) is 46.6 Å². The highest BCUT2D eigenvalue weighted by atomic mass is 32.2. The van der Waals surface area contributed by atoms with Gasteiger partial charge in [0.25, 0.3) is 5.91 Å². The Morgan fingerprint density at radius 3 is 2.20 bits per heavy atom. The lowest BCUT2D eigenvalue weighted by Gasteiger charge is -2.28. The van der Waals surface area contributed by atoms with Gasteiger partial charge < -0.3 is 31.6 Å². The van der Waals surface area contributed by atoms with Crippen LogP contribution in [0, 0.1) is 12.3 Å². The molecule has 1 atom stereocenters. The highest BCUT2D eigenvalue weighted by Gasteiger charge is 2.24. The van der Waals surface area contributed by atoms with Gasteiger partial charge in [-0.3, -0.25) is 14.6 Å². The zero-order valence-electron chi connectivity index (χ0n) is 26.0. The van der Waals surface area contributed by atoms with Gasteiger partial charge in [-0.2, -0.15) is 0 Å². The normalized spacial score (nSPS) is 13.1. The number of hydrogen-bond donors (Lipinski definition) is 6. The molecule has 2 amide bonds. The second-order valence-corrected chi connectivity index (χ2v) is 12.8. The quantitative estimate of drug-likeness (QED) is 0.129. The number of nitrogens with zero attached hydrogens (tertiary/aromatic N) is 1. The summed E-state index contributed by atoms with van der Waals surface area (Å²) in [6, 6.07) is 8.98. The van der Waals surface area contributed by atoms with Crippen LogP contribution in [-0.2, 0) is 10.2 Å². The minimum Gasteiger partial charge on any atom is -0.492 e. The van der Waals surface area contributed by atoms with Gasteiger partial charge in [0, 0.05) is 17.9 Å². The first-order chi connectivity index (χ1) is 18.9. The molecule has 0 heterocycles. The molecule has 2 rings (SSSR count). The zero-order valence-corrected chi connectivity index (χ0v) is 26.8. The molecular formula is C30H47N7O3S. The molecule has 0 aliphatic carbocycles. The summed E-state index contributed by atoms with van der Waals surface area (Å²) in [5.74, 6) is 6.28. The van der Waals surface area contributed by atoms with Crippen LogP contribution in [0.4, 0.5) is 17.1 Å². The third kappa shape index (κ3) is 8.71. The molecule has 226 valence electrons. The molecule has 2 aromatic carbocycles. The highest BCUT2D eigenvalue weighted by Crippen LogP contribution is 2.39. The Morgan fingerprint density at radius 2 is 1.66 bits per heavy atom. The van der Waals surface area contributed by atoms with E-state index < -0.39 is 0 Å². The first kappa shape index (κ1) is 33.6. The number of ether oxygens (including phenoxy) is 1. The summed E-state index contributed by atoms with van der Waals surface area (Å²) in [7, 11) is 1.56. The summed E-state index contributed by atoms with van der Waals surface area (Å²) < 4.78 is 8.89. The molecule has 0 aliphatic heterocycles. The van der Waals surface area contributed by atoms with Gasteiger partial charge in [0.05, 0.1) is 36.3 Å². The zero-order chi connectivity index (χ0) is 31.3. The number of methoxy groups -OCH3 is 1. The van der Waals surface area contributed by atoms with E-state index >= 15 is 0 Å². The maximum atomic E-state index is 13.5. The molecule has 9 N–H and O–H groups in total. The molecule has 0 bridgehead atoms. The van der Waals surface area contributed by atoms with Crippen molar-refractivity contribution in [3.05, 3.63) is 58.5 Å². The van der Waals surface area contributed by atoms with Gasteiger partial charge in [0.2, 0.25) is 5.91 Å². The molecule has 0 aliphatic rings. The van der Waals surface area contributed by atoms with E-state index in [0.29, 0.717) is 22.7 Å². The number of hydrazine groups is 1. The van der Waals surface area contributed by atoms with Crippen LogP contribution in [0.2, 0.25) is 0 Å². The Morgan fingerprint density at radius 1 is 1.05 bits per heavy atom. The molecule has 1 unspecified atom stereocenters. The van der Waals surface area contributed by atoms with Crippen LogP contribution in [0.3, 0.4) is 0 Å². The Kier molecular flexibility index (Phi) is 11.0. The second-order valence-electron chi connectivity index (χ2n) is 12.2. The minimum absolute atomic E-state index is 0.0246. The smallest absolute Gasteiger partial charge is 0.255 e. The summed E-state index contributed by atoms with van der Waals surface area (Å²) >= 11 is 1.43. The van der Waals surface area contributed by atoms with Crippen LogP contribution >= 0.6 is 11.9 Å². The Labute approximate surface area is 248 Å². The van der Waals surface area contributed by atoms with Crippen molar-refractivity contribution in [3.63, 3.8) is 0 Å². The molecule has 0 radical (unpaired) electrons. The lowest BCUT2D eigenvalue weighted by molar-refractivity contribution is -0.121. The molecule has 0 saturated heterocycles. The van der Waals surface area contributed by atoms with Gasteiger partial charge in [-0.1, -0.05) is 59.6 Å². The molecule has 0 saturated carbocycles. The van der Waals surface area contributed by atoms with Gasteiger partial charge >= 0.3 is 0 Å². The van der Waals surface area contributed by atoms with Crippen LogP contribution in [0.25, 0.3) is 0 Å². The lowest BCUT2D eigenvalue weighted by Crippen LogP contribution is -2.43. The number of nitrogens with one attached hydrogen (secondary N) is 3. The van der Waals surface area contributed by atoms with E-state index in [2.05, 4.69) is 36.1 Å². The number of benzene rings is 2. The summed E-state index contributed by atoms with van der Waals surface area (Å²) in [4.78, 5) is 26.0. The fourth-order valence-electron chi connectivity index (χ4n) is 3.82. The van der Waals surface area contributed by atoms with Crippen molar-refractivity contribution in [2.24, 2.45) is 22.7 Å². The van der Waals surface area contributed by atoms with Gasteiger partial charge in [-0.25, -0.2) is 5.84 Å². The van der Waals surface area contributed by atoms with E-state index in [1.807, 2.05) is 53.0 Å². The largest absolute Gasteiger partial charge is 0.492 e. The third-order valence-corrected chi connectivity index (χ3v) is 7.39. The van der Waals surface area contributed by atoms with Crippen molar-refractivity contribution in [3.8, 4) is 5.75 Å². The highest BCUT2D eigenvalue weighted by molar-refractivity contribution is 7.99. The molecule has 0 fully saturated rings. The van der Waals surface area contributed by atoms with Crippen LogP contribution in [0.15, 0.2) is 41.8 Å². The van der Waals surface area contributed by atoms with Gasteiger partial charge in [0.15, 0.2) is 5.75 Å². The van der Waals surface area contributed by atoms with Crippen molar-refractivity contribution in [2.75, 3.05) is 28.4 Å². The molecule has 11 heteroatoms. The van der Waals surface area contributed by atoms with Crippen LogP contribution < -0.4 is 42.4 Å². The summed E-state index contributed by atoms with van der Waals surface area (Å²) in [6.07, 6.45) is 1.80. The molecule has 2 aromatic rings. The lowest BCUT2D eigenvalue weighted by atomic mass is 9.86. The molecular weight excluding hydrogens is 538 g/mol. The molecule has 10 nitrogen and oxygen atoms in total. The van der Waals surface area contributed by atoms with Gasteiger partial charge in [0.1, 0.15) is 5.82 Å². The van der Waals surface area contributed by atoms with Crippen molar-refractivity contribution in [2.45, 2.75) is 73.3 Å². The number of carbonyl (C=O) groups excluding carboxylic acids is 2. The average Bonchev–Trinajstić information content (AvgIpc) is 2.86. The van der Waals surface area contributed by atoms with E-state index in [4.69, 9.17) is 22.0 Å². The first-order valence-corrected chi connectivity index (χ1v) is 14.6. The standard InChI is InChI=1S/C30H47N7O3S/c1-17-11-12-19(13-24(17)37(33)27(32)21(31)16-25(38)34-18(2)29(3,4)5)28(39)35-22-14-20(30(6,7)8)15-23(36-41-10)26(22)40-9/h11-15,18,36H,16,31-33H2,1-10H3,(H,34,38)(H,35,39)/b27-21-. The van der Waals surface area contributed by atoms with E-state index in [1.54, 1.807) is 25.3 Å². The third-order valence-electron chi connectivity index (χ3n) is 6.97. The van der Waals surface area contributed by atoms with Crippen molar-refractivity contribution >= 4 is 40.8 Å². The fraction of sp³-hybridized carbons (Fsp3) is 0.467. The summed E-state index contributed by atoms with van der Waals surface area (Å²) in [5, 5.41) is 7.13. The van der Waals surface area contributed by atoms with Crippen LogP contribution in [-0.4, -0.2) is 31.2 Å². The second kappa shape index (κ2) is 13.4. The predicted molar refractivity (Wildman–Crippen MR) is 172 cm³/mol. The Hall–Kier alpha value is -3.57. The topological polar surface area (TPSA) is 161 Å². The summed E-state index contributed by atoms with van der Waals surface area (Å²) in [5.41, 5.74) is 16.2. The van der Waals surface area contributed by atoms with Gasteiger partial charge in [-0.15, -0.1) is 0 Å². The maximum absolute atomic E-state index is 13.5. The molecule has 41 heavy (non-hydrogen) atoms. The fourth-order valence-corrected chi connectivity index (χ4v) is 4.19. The maximum Gasteiger partial charge on any atom is 0.255 e. The molecule has 0 spiro atoms. The predicted octanol–water partition coefficient (Wildman–Crippen LogP) is 4.95. The number of anilines is 3. The number of hydrogen-bond acceptors (Lipinski definition) is 9. The number of carbonyl (C=O) groups is 2. The molecule has 0 aromatic heterocycles. The van der Waals surface area contributed by atoms with Gasteiger partial charge in [-0.05, 0) is 60.1 Å². The monoisotopic (exact) mass is 585 g/mol. The van der Waals surface area contributed by atoms with Crippen LogP contribution in [0.5, 0.6) is 5.75 Å². The summed E-state index contributed by atoms with van der Waals surface area (Å²) in [6.45, 7) is 16.2. The minimum atomic E-state index is -0.356. The number of aryl methyl sites for hydroxylation is 1. The van der Waals surface area contributed by atoms with Crippen molar-refractivity contribution in [1.29, 1.82) is 0 Å². The van der Waals surface area contributed by atoms with E-state index in [9.17, 15) is 9.59 Å². The number of amides is 2. The first-order valence-electron chi connectivity index (χ1n) is 13.4.